The summed E-state index contributed by atoms with van der Waals surface area (Å²) < 4.78 is 5.10. The molecule has 22 heavy (non-hydrogen) atoms. The molecular weight excluding hydrogens is 276 g/mol. The molecule has 2 aromatic rings. The number of aliphatic imine (C=N–C) groups is 1. The summed E-state index contributed by atoms with van der Waals surface area (Å²) in [7, 11) is 1.65. The van der Waals surface area contributed by atoms with E-state index in [2.05, 4.69) is 17.4 Å². The van der Waals surface area contributed by atoms with Gasteiger partial charge in [0.05, 0.1) is 19.4 Å². The molecule has 0 aliphatic heterocycles. The van der Waals surface area contributed by atoms with Gasteiger partial charge in [0.25, 0.3) is 0 Å². The number of allylic oxidation sites excluding steroid dienone is 1. The predicted molar refractivity (Wildman–Crippen MR) is 89.4 cm³/mol. The first-order valence-corrected chi connectivity index (χ1v) is 7.04. The number of methoxy groups -OCH3 is 1. The molecule has 0 radical (unpaired) electrons. The molecule has 4 heteroatoms. The summed E-state index contributed by atoms with van der Waals surface area (Å²) in [6, 6.07) is 15.8. The maximum Gasteiger partial charge on any atom is 0.118 e. The molecule has 0 amide bonds. The second kappa shape index (κ2) is 8.64. The summed E-state index contributed by atoms with van der Waals surface area (Å²) in [6.07, 6.45) is 5.20. The van der Waals surface area contributed by atoms with Gasteiger partial charge in [-0.15, -0.1) is 0 Å². The van der Waals surface area contributed by atoms with E-state index >= 15 is 0 Å². The van der Waals surface area contributed by atoms with Gasteiger partial charge < -0.3 is 4.74 Å². The van der Waals surface area contributed by atoms with Gasteiger partial charge in [0.15, 0.2) is 0 Å². The smallest absolute Gasteiger partial charge is 0.118 e. The fourth-order valence-corrected chi connectivity index (χ4v) is 1.74. The van der Waals surface area contributed by atoms with Crippen LogP contribution in [0.25, 0.3) is 0 Å². The number of rotatable bonds is 7. The van der Waals surface area contributed by atoms with Crippen molar-refractivity contribution < 1.29 is 9.57 Å². The lowest BCUT2D eigenvalue weighted by Gasteiger charge is -2.04. The van der Waals surface area contributed by atoms with Crippen molar-refractivity contribution in [1.29, 1.82) is 0 Å². The highest BCUT2D eigenvalue weighted by atomic mass is 16.6. The minimum atomic E-state index is 0.476. The van der Waals surface area contributed by atoms with Crippen LogP contribution in [-0.2, 0) is 11.4 Å². The quantitative estimate of drug-likeness (QED) is 0.478. The van der Waals surface area contributed by atoms with E-state index in [1.165, 1.54) is 5.56 Å². The molecule has 114 valence electrons. The zero-order valence-corrected chi connectivity index (χ0v) is 12.8. The summed E-state index contributed by atoms with van der Waals surface area (Å²) in [5.74, 6) is 0.837. The standard InChI is InChI=1S/C18H20N2O2/c1-15-4-8-17(9-5-15)19-12-3-13-20-22-14-16-6-10-18(21-2)11-7-16/h3-13,20H,14H2,1-2H3/b13-3+,19-12?. The molecule has 2 aromatic carbocycles. The highest BCUT2D eigenvalue weighted by Crippen LogP contribution is 2.12. The Bertz CT molecular complexity index is 617. The first-order chi connectivity index (χ1) is 10.8. The first kappa shape index (κ1) is 15.8. The molecule has 0 saturated carbocycles. The molecule has 0 fully saturated rings. The van der Waals surface area contributed by atoms with Crippen LogP contribution in [-0.4, -0.2) is 13.3 Å². The molecular formula is C18H20N2O2. The third-order valence-electron chi connectivity index (χ3n) is 2.99. The van der Waals surface area contributed by atoms with Gasteiger partial charge in [-0.1, -0.05) is 29.8 Å². The van der Waals surface area contributed by atoms with Gasteiger partial charge in [0.2, 0.25) is 0 Å². The zero-order valence-electron chi connectivity index (χ0n) is 12.8. The van der Waals surface area contributed by atoms with E-state index < -0.39 is 0 Å². The van der Waals surface area contributed by atoms with E-state index in [9.17, 15) is 0 Å². The van der Waals surface area contributed by atoms with Crippen LogP contribution in [0.2, 0.25) is 0 Å². The lowest BCUT2D eigenvalue weighted by Crippen LogP contribution is -2.06. The molecule has 0 atom stereocenters. The number of ether oxygens (including phenoxy) is 1. The van der Waals surface area contributed by atoms with Crippen molar-refractivity contribution in [2.24, 2.45) is 4.99 Å². The fourth-order valence-electron chi connectivity index (χ4n) is 1.74. The number of hydrogen-bond acceptors (Lipinski definition) is 4. The molecule has 0 heterocycles. The summed E-state index contributed by atoms with van der Waals surface area (Å²) >= 11 is 0. The Morgan fingerprint density at radius 2 is 1.77 bits per heavy atom. The molecule has 1 N–H and O–H groups in total. The van der Waals surface area contributed by atoms with Crippen molar-refractivity contribution in [1.82, 2.24) is 5.48 Å². The fraction of sp³-hybridized carbons (Fsp3) is 0.167. The van der Waals surface area contributed by atoms with Gasteiger partial charge in [0.1, 0.15) is 5.75 Å². The summed E-state index contributed by atoms with van der Waals surface area (Å²) in [5, 5.41) is 0. The highest BCUT2D eigenvalue weighted by molar-refractivity contribution is 5.74. The maximum absolute atomic E-state index is 5.32. The molecule has 0 spiro atoms. The van der Waals surface area contributed by atoms with E-state index in [4.69, 9.17) is 9.57 Å². The third-order valence-corrected chi connectivity index (χ3v) is 2.99. The minimum absolute atomic E-state index is 0.476. The maximum atomic E-state index is 5.32. The van der Waals surface area contributed by atoms with Gasteiger partial charge in [0, 0.05) is 12.4 Å². The Morgan fingerprint density at radius 3 is 2.45 bits per heavy atom. The average molecular weight is 296 g/mol. The van der Waals surface area contributed by atoms with Crippen molar-refractivity contribution >= 4 is 11.9 Å². The lowest BCUT2D eigenvalue weighted by atomic mass is 10.2. The van der Waals surface area contributed by atoms with Crippen LogP contribution < -0.4 is 10.2 Å². The first-order valence-electron chi connectivity index (χ1n) is 7.04. The van der Waals surface area contributed by atoms with Crippen LogP contribution >= 0.6 is 0 Å². The van der Waals surface area contributed by atoms with Crippen molar-refractivity contribution in [3.63, 3.8) is 0 Å². The van der Waals surface area contributed by atoms with Crippen LogP contribution in [0, 0.1) is 6.92 Å². The van der Waals surface area contributed by atoms with E-state index in [0.717, 1.165) is 17.0 Å². The molecule has 0 aliphatic rings. The van der Waals surface area contributed by atoms with Crippen molar-refractivity contribution in [3.05, 3.63) is 71.9 Å². The van der Waals surface area contributed by atoms with Crippen LogP contribution in [0.4, 0.5) is 5.69 Å². The number of nitrogens with one attached hydrogen (secondary N) is 1. The zero-order chi connectivity index (χ0) is 15.6. The number of benzene rings is 2. The predicted octanol–water partition coefficient (Wildman–Crippen LogP) is 3.94. The van der Waals surface area contributed by atoms with Crippen LogP contribution in [0.3, 0.4) is 0 Å². The molecule has 2 rings (SSSR count). The van der Waals surface area contributed by atoms with E-state index in [-0.39, 0.29) is 0 Å². The Labute approximate surface area is 131 Å². The molecule has 0 unspecified atom stereocenters. The number of hydroxylamine groups is 1. The summed E-state index contributed by atoms with van der Waals surface area (Å²) in [4.78, 5) is 9.62. The molecule has 0 saturated heterocycles. The summed E-state index contributed by atoms with van der Waals surface area (Å²) in [6.45, 7) is 2.53. The van der Waals surface area contributed by atoms with E-state index in [0.29, 0.717) is 6.61 Å². The minimum Gasteiger partial charge on any atom is -0.497 e. The summed E-state index contributed by atoms with van der Waals surface area (Å²) in [5.41, 5.74) is 5.97. The van der Waals surface area contributed by atoms with Crippen LogP contribution in [0.15, 0.2) is 65.8 Å². The average Bonchev–Trinajstić information content (AvgIpc) is 2.56. The normalized spacial score (nSPS) is 11.2. The molecule has 0 aromatic heterocycles. The topological polar surface area (TPSA) is 42.9 Å². The number of hydrogen-bond donors (Lipinski definition) is 1. The Morgan fingerprint density at radius 1 is 1.05 bits per heavy atom. The monoisotopic (exact) mass is 296 g/mol. The van der Waals surface area contributed by atoms with Gasteiger partial charge >= 0.3 is 0 Å². The Kier molecular flexibility index (Phi) is 6.20. The van der Waals surface area contributed by atoms with Crippen molar-refractivity contribution in [2.45, 2.75) is 13.5 Å². The van der Waals surface area contributed by atoms with Crippen LogP contribution in [0.5, 0.6) is 5.75 Å². The lowest BCUT2D eigenvalue weighted by molar-refractivity contribution is 0.0576. The third kappa shape index (κ3) is 5.42. The van der Waals surface area contributed by atoms with Gasteiger partial charge in [-0.05, 0) is 42.8 Å². The largest absolute Gasteiger partial charge is 0.497 e. The van der Waals surface area contributed by atoms with E-state index in [1.54, 1.807) is 25.6 Å². The van der Waals surface area contributed by atoms with Gasteiger partial charge in [-0.2, -0.15) is 0 Å². The Hall–Kier alpha value is -2.59. The van der Waals surface area contributed by atoms with Crippen molar-refractivity contribution in [2.75, 3.05) is 7.11 Å². The SMILES string of the molecule is COc1ccc(CON/C=C/C=Nc2ccc(C)cc2)cc1. The second-order valence-corrected chi connectivity index (χ2v) is 4.73. The molecule has 4 nitrogen and oxygen atoms in total. The number of nitrogens with zero attached hydrogens (tertiary/aromatic N) is 1. The molecule has 0 aliphatic carbocycles. The number of aryl methyl sites for hydroxylation is 1. The van der Waals surface area contributed by atoms with E-state index in [1.807, 2.05) is 48.5 Å². The Balaban J connectivity index is 1.68. The van der Waals surface area contributed by atoms with Gasteiger partial charge in [-0.25, -0.2) is 0 Å². The van der Waals surface area contributed by atoms with Crippen molar-refractivity contribution in [3.8, 4) is 5.75 Å². The highest BCUT2D eigenvalue weighted by Gasteiger charge is 1.93. The molecule has 0 bridgehead atoms. The second-order valence-electron chi connectivity index (χ2n) is 4.73. The van der Waals surface area contributed by atoms with Gasteiger partial charge in [-0.3, -0.25) is 15.3 Å². The van der Waals surface area contributed by atoms with Crippen LogP contribution in [0.1, 0.15) is 11.1 Å².